The van der Waals surface area contributed by atoms with Gasteiger partial charge in [0.2, 0.25) is 0 Å². The molecule has 0 spiro atoms. The number of carbonyl (C=O) groups is 1. The number of carbonyl (C=O) groups excluding carboxylic acids is 1. The Hall–Kier alpha value is -3.41. The zero-order valence-electron chi connectivity index (χ0n) is 14.7. The van der Waals surface area contributed by atoms with Crippen LogP contribution in [-0.4, -0.2) is 22.7 Å². The van der Waals surface area contributed by atoms with Crippen LogP contribution >= 0.6 is 0 Å². The highest BCUT2D eigenvalue weighted by Gasteiger charge is 2.06. The molecule has 26 heavy (non-hydrogen) atoms. The van der Waals surface area contributed by atoms with E-state index in [1.807, 2.05) is 37.3 Å². The van der Waals surface area contributed by atoms with Crippen molar-refractivity contribution in [1.29, 1.82) is 0 Å². The Labute approximate surface area is 152 Å². The molecule has 1 heterocycles. The molecule has 3 rings (SSSR count). The molecule has 0 aliphatic heterocycles. The van der Waals surface area contributed by atoms with Crippen molar-refractivity contribution in [2.75, 3.05) is 17.2 Å². The predicted molar refractivity (Wildman–Crippen MR) is 102 cm³/mol. The molecule has 0 saturated heterocycles. The average molecular weight is 348 g/mol. The average Bonchev–Trinajstić information content (AvgIpc) is 2.65. The number of hydrogen-bond acceptors (Lipinski definition) is 5. The molecule has 0 unspecified atom stereocenters. The fourth-order valence-corrected chi connectivity index (χ4v) is 2.40. The van der Waals surface area contributed by atoms with E-state index in [4.69, 9.17) is 4.74 Å². The first kappa shape index (κ1) is 17.4. The van der Waals surface area contributed by atoms with Crippen molar-refractivity contribution in [3.05, 3.63) is 71.8 Å². The van der Waals surface area contributed by atoms with Crippen LogP contribution in [0.15, 0.2) is 60.7 Å². The molecule has 0 radical (unpaired) electrons. The highest BCUT2D eigenvalue weighted by atomic mass is 16.5. The highest BCUT2D eigenvalue weighted by Crippen LogP contribution is 2.20. The van der Waals surface area contributed by atoms with Crippen LogP contribution < -0.4 is 15.4 Å². The highest BCUT2D eigenvalue weighted by molar-refractivity contribution is 5.90. The summed E-state index contributed by atoms with van der Waals surface area (Å²) in [6, 6.07) is 18.8. The van der Waals surface area contributed by atoms with Crippen LogP contribution in [0.2, 0.25) is 0 Å². The van der Waals surface area contributed by atoms with E-state index >= 15 is 0 Å². The smallest absolute Gasteiger partial charge is 0.263 e. The zero-order chi connectivity index (χ0) is 18.4. The van der Waals surface area contributed by atoms with Gasteiger partial charge in [-0.3, -0.25) is 4.79 Å². The van der Waals surface area contributed by atoms with Crippen molar-refractivity contribution in [1.82, 2.24) is 10.2 Å². The molecule has 3 aromatic rings. The van der Waals surface area contributed by atoms with Crippen LogP contribution in [0.25, 0.3) is 0 Å². The van der Waals surface area contributed by atoms with E-state index < -0.39 is 0 Å². The number of para-hydroxylation sites is 1. The van der Waals surface area contributed by atoms with Gasteiger partial charge in [-0.1, -0.05) is 35.9 Å². The lowest BCUT2D eigenvalue weighted by molar-refractivity contribution is -0.118. The molecule has 132 valence electrons. The fraction of sp³-hybridized carbons (Fsp3) is 0.150. The Morgan fingerprint density at radius 1 is 0.962 bits per heavy atom. The molecule has 2 N–H and O–H groups in total. The lowest BCUT2D eigenvalue weighted by Gasteiger charge is -2.10. The number of amides is 1. The second kappa shape index (κ2) is 8.11. The maximum Gasteiger partial charge on any atom is 0.263 e. The van der Waals surface area contributed by atoms with Gasteiger partial charge in [-0.2, -0.15) is 0 Å². The van der Waals surface area contributed by atoms with Gasteiger partial charge in [0.1, 0.15) is 5.75 Å². The number of nitrogens with one attached hydrogen (secondary N) is 2. The lowest BCUT2D eigenvalue weighted by Crippen LogP contribution is -2.21. The summed E-state index contributed by atoms with van der Waals surface area (Å²) >= 11 is 0. The molecular weight excluding hydrogens is 328 g/mol. The van der Waals surface area contributed by atoms with Gasteiger partial charge in [0.25, 0.3) is 5.91 Å². The largest absolute Gasteiger partial charge is 0.484 e. The number of rotatable bonds is 6. The maximum absolute atomic E-state index is 11.9. The minimum absolute atomic E-state index is 0.0890. The first-order valence-electron chi connectivity index (χ1n) is 8.26. The second-order valence-corrected chi connectivity index (χ2v) is 5.90. The predicted octanol–water partition coefficient (Wildman–Crippen LogP) is 3.85. The normalized spacial score (nSPS) is 10.2. The van der Waals surface area contributed by atoms with Gasteiger partial charge in [0.15, 0.2) is 18.2 Å². The summed E-state index contributed by atoms with van der Waals surface area (Å²) in [6.45, 7) is 3.99. The van der Waals surface area contributed by atoms with Crippen LogP contribution in [0.4, 0.5) is 17.3 Å². The number of anilines is 3. The molecule has 1 aromatic heterocycles. The maximum atomic E-state index is 11.9. The Balaban J connectivity index is 1.54. The second-order valence-electron chi connectivity index (χ2n) is 5.90. The van der Waals surface area contributed by atoms with Crippen LogP contribution in [0, 0.1) is 13.8 Å². The summed E-state index contributed by atoms with van der Waals surface area (Å²) in [4.78, 5) is 11.9. The fourth-order valence-electron chi connectivity index (χ4n) is 2.40. The van der Waals surface area contributed by atoms with Crippen molar-refractivity contribution in [3.63, 3.8) is 0 Å². The Morgan fingerprint density at radius 2 is 1.69 bits per heavy atom. The van der Waals surface area contributed by atoms with Crippen LogP contribution in [-0.2, 0) is 4.79 Å². The van der Waals surface area contributed by atoms with E-state index in [-0.39, 0.29) is 12.5 Å². The van der Waals surface area contributed by atoms with E-state index in [2.05, 4.69) is 33.8 Å². The van der Waals surface area contributed by atoms with Crippen molar-refractivity contribution in [3.8, 4) is 5.75 Å². The molecule has 2 aromatic carbocycles. The summed E-state index contributed by atoms with van der Waals surface area (Å²) in [5.74, 6) is 1.33. The van der Waals surface area contributed by atoms with Gasteiger partial charge in [0.05, 0.1) is 0 Å². The number of hydrogen-bond donors (Lipinski definition) is 2. The Bertz CT molecular complexity index is 880. The molecular formula is C20H20N4O2. The zero-order valence-corrected chi connectivity index (χ0v) is 14.7. The van der Waals surface area contributed by atoms with Gasteiger partial charge in [-0.15, -0.1) is 10.2 Å². The molecule has 0 bridgehead atoms. The lowest BCUT2D eigenvalue weighted by atomic mass is 10.1. The minimum atomic E-state index is -0.293. The molecule has 0 saturated carbocycles. The first-order chi connectivity index (χ1) is 12.6. The summed E-state index contributed by atoms with van der Waals surface area (Å²) in [5, 5.41) is 14.0. The summed E-state index contributed by atoms with van der Waals surface area (Å²) < 4.78 is 5.39. The van der Waals surface area contributed by atoms with Crippen molar-refractivity contribution in [2.45, 2.75) is 13.8 Å². The van der Waals surface area contributed by atoms with E-state index in [0.29, 0.717) is 17.4 Å². The summed E-state index contributed by atoms with van der Waals surface area (Å²) in [6.07, 6.45) is 0. The number of ether oxygens (including phenoxy) is 1. The van der Waals surface area contributed by atoms with Crippen molar-refractivity contribution in [2.24, 2.45) is 0 Å². The molecule has 0 aliphatic carbocycles. The van der Waals surface area contributed by atoms with Crippen molar-refractivity contribution >= 4 is 23.2 Å². The monoisotopic (exact) mass is 348 g/mol. The number of nitrogens with zero attached hydrogens (tertiary/aromatic N) is 2. The number of aryl methyl sites for hydroxylation is 2. The molecule has 6 heteroatoms. The quantitative estimate of drug-likeness (QED) is 0.707. The van der Waals surface area contributed by atoms with Crippen LogP contribution in [0.1, 0.15) is 11.1 Å². The van der Waals surface area contributed by atoms with Crippen molar-refractivity contribution < 1.29 is 9.53 Å². The van der Waals surface area contributed by atoms with Crippen LogP contribution in [0.5, 0.6) is 5.75 Å². The van der Waals surface area contributed by atoms with E-state index in [1.54, 1.807) is 24.3 Å². The molecule has 0 atom stereocenters. The summed E-state index contributed by atoms with van der Waals surface area (Å²) in [5.41, 5.74) is 3.30. The molecule has 0 aliphatic rings. The van der Waals surface area contributed by atoms with Crippen LogP contribution in [0.3, 0.4) is 0 Å². The van der Waals surface area contributed by atoms with Gasteiger partial charge in [0, 0.05) is 5.69 Å². The third kappa shape index (κ3) is 4.80. The topological polar surface area (TPSA) is 76.1 Å². The molecule has 0 fully saturated rings. The van der Waals surface area contributed by atoms with Gasteiger partial charge >= 0.3 is 0 Å². The number of benzene rings is 2. The Kier molecular flexibility index (Phi) is 5.43. The third-order valence-electron chi connectivity index (χ3n) is 3.69. The van der Waals surface area contributed by atoms with E-state index in [9.17, 15) is 4.79 Å². The molecule has 6 nitrogen and oxygen atoms in total. The third-order valence-corrected chi connectivity index (χ3v) is 3.69. The standard InChI is InChI=1S/C20H20N4O2/c1-14-8-9-17(15(2)12-14)21-18-10-11-19(24-23-18)22-20(25)13-26-16-6-4-3-5-7-16/h3-12H,13H2,1-2H3,(H,21,23)(H,22,24,25). The first-order valence-corrected chi connectivity index (χ1v) is 8.26. The number of aromatic nitrogens is 2. The molecule has 1 amide bonds. The minimum Gasteiger partial charge on any atom is -0.484 e. The van der Waals surface area contributed by atoms with Gasteiger partial charge < -0.3 is 15.4 Å². The van der Waals surface area contributed by atoms with Gasteiger partial charge in [-0.05, 0) is 49.7 Å². The Morgan fingerprint density at radius 3 is 2.38 bits per heavy atom. The van der Waals surface area contributed by atoms with E-state index in [0.717, 1.165) is 11.3 Å². The van der Waals surface area contributed by atoms with Gasteiger partial charge in [-0.25, -0.2) is 0 Å². The SMILES string of the molecule is Cc1ccc(Nc2ccc(NC(=O)COc3ccccc3)nn2)c(C)c1. The summed E-state index contributed by atoms with van der Waals surface area (Å²) in [7, 11) is 0. The van der Waals surface area contributed by atoms with E-state index in [1.165, 1.54) is 5.56 Å².